The van der Waals surface area contributed by atoms with Gasteiger partial charge in [0.1, 0.15) is 0 Å². The molecule has 5 nitrogen and oxygen atoms in total. The molecule has 3 heterocycles. The average Bonchev–Trinajstić information content (AvgIpc) is 3.04. The molecule has 0 amide bonds. The number of fused-ring (bicyclic) bond motifs is 1. The van der Waals surface area contributed by atoms with E-state index in [-0.39, 0.29) is 0 Å². The molecule has 25 heavy (non-hydrogen) atoms. The van der Waals surface area contributed by atoms with Gasteiger partial charge in [0.25, 0.3) is 0 Å². The summed E-state index contributed by atoms with van der Waals surface area (Å²) in [5.41, 5.74) is 4.75. The number of nitrogens with one attached hydrogen (secondary N) is 1. The lowest BCUT2D eigenvalue weighted by atomic mass is 10.2. The zero-order chi connectivity index (χ0) is 17.2. The highest BCUT2D eigenvalue weighted by Crippen LogP contribution is 2.30. The molecule has 0 aliphatic heterocycles. The molecule has 0 spiro atoms. The van der Waals surface area contributed by atoms with E-state index >= 15 is 0 Å². The summed E-state index contributed by atoms with van der Waals surface area (Å²) in [6.45, 7) is 2.53. The standard InChI is InChI=1S/C19H15ClN4O/c1-12-5-8-17-18(23-12)24-19(25-17)13-6-7-16(15(20)10-13)22-11-14-4-2-3-9-21-14/h2-10,22H,11H2,1H3. The van der Waals surface area contributed by atoms with E-state index in [1.807, 2.05) is 55.5 Å². The van der Waals surface area contributed by atoms with E-state index in [1.165, 1.54) is 0 Å². The molecule has 0 atom stereocenters. The van der Waals surface area contributed by atoms with Crippen molar-refractivity contribution in [3.05, 3.63) is 71.1 Å². The number of rotatable bonds is 4. The lowest BCUT2D eigenvalue weighted by molar-refractivity contribution is 0.619. The van der Waals surface area contributed by atoms with Crippen LogP contribution in [0.15, 0.2) is 59.1 Å². The third-order valence-electron chi connectivity index (χ3n) is 3.79. The molecule has 0 bridgehead atoms. The van der Waals surface area contributed by atoms with Crippen LogP contribution in [0.4, 0.5) is 5.69 Å². The number of pyridine rings is 2. The van der Waals surface area contributed by atoms with Crippen LogP contribution in [-0.2, 0) is 6.54 Å². The average molecular weight is 351 g/mol. The Morgan fingerprint density at radius 2 is 2.00 bits per heavy atom. The lowest BCUT2D eigenvalue weighted by Gasteiger charge is -2.08. The lowest BCUT2D eigenvalue weighted by Crippen LogP contribution is -2.01. The van der Waals surface area contributed by atoms with Gasteiger partial charge in [-0.05, 0) is 49.4 Å². The van der Waals surface area contributed by atoms with Crippen LogP contribution in [0.2, 0.25) is 5.02 Å². The first kappa shape index (κ1) is 15.6. The molecule has 1 aromatic carbocycles. The summed E-state index contributed by atoms with van der Waals surface area (Å²) in [6.07, 6.45) is 1.77. The van der Waals surface area contributed by atoms with E-state index in [0.717, 1.165) is 22.6 Å². The number of hydrogen-bond acceptors (Lipinski definition) is 5. The highest BCUT2D eigenvalue weighted by molar-refractivity contribution is 6.33. The molecule has 4 aromatic rings. The molecule has 0 unspecified atom stereocenters. The summed E-state index contributed by atoms with van der Waals surface area (Å²) in [6, 6.07) is 15.2. The normalized spacial score (nSPS) is 11.0. The Labute approximate surface area is 149 Å². The third-order valence-corrected chi connectivity index (χ3v) is 4.11. The molecular weight excluding hydrogens is 336 g/mol. The first-order chi connectivity index (χ1) is 12.2. The van der Waals surface area contributed by atoms with Gasteiger partial charge < -0.3 is 9.73 Å². The van der Waals surface area contributed by atoms with Crippen molar-refractivity contribution in [1.29, 1.82) is 0 Å². The van der Waals surface area contributed by atoms with Gasteiger partial charge >= 0.3 is 0 Å². The number of nitrogens with zero attached hydrogens (tertiary/aromatic N) is 3. The molecule has 0 aliphatic rings. The molecule has 4 rings (SSSR count). The van der Waals surface area contributed by atoms with Gasteiger partial charge in [0.2, 0.25) is 5.89 Å². The minimum Gasteiger partial charge on any atom is -0.434 e. The van der Waals surface area contributed by atoms with E-state index in [0.29, 0.717) is 28.7 Å². The number of aromatic nitrogens is 3. The van der Waals surface area contributed by atoms with Crippen LogP contribution in [0.25, 0.3) is 22.7 Å². The van der Waals surface area contributed by atoms with Crippen molar-refractivity contribution in [3.63, 3.8) is 0 Å². The Morgan fingerprint density at radius 3 is 2.80 bits per heavy atom. The number of hydrogen-bond donors (Lipinski definition) is 1. The van der Waals surface area contributed by atoms with Gasteiger partial charge in [-0.2, -0.15) is 4.98 Å². The SMILES string of the molecule is Cc1ccc2oc(-c3ccc(NCc4ccccn4)c(Cl)c3)nc2n1. The Balaban J connectivity index is 1.58. The summed E-state index contributed by atoms with van der Waals surface area (Å²) in [4.78, 5) is 13.1. The fraction of sp³-hybridized carbons (Fsp3) is 0.105. The molecule has 0 aliphatic carbocycles. The first-order valence-corrected chi connectivity index (χ1v) is 8.25. The zero-order valence-electron chi connectivity index (χ0n) is 13.5. The molecule has 0 fully saturated rings. The highest BCUT2D eigenvalue weighted by atomic mass is 35.5. The van der Waals surface area contributed by atoms with Crippen LogP contribution in [0.1, 0.15) is 11.4 Å². The maximum atomic E-state index is 6.40. The van der Waals surface area contributed by atoms with Crippen molar-refractivity contribution in [3.8, 4) is 11.5 Å². The number of benzene rings is 1. The minimum absolute atomic E-state index is 0.506. The maximum absolute atomic E-state index is 6.40. The molecule has 124 valence electrons. The van der Waals surface area contributed by atoms with Crippen molar-refractivity contribution in [2.24, 2.45) is 0 Å². The molecule has 0 saturated heterocycles. The number of oxazole rings is 1. The van der Waals surface area contributed by atoms with Gasteiger partial charge in [-0.25, -0.2) is 4.98 Å². The molecule has 3 aromatic heterocycles. The van der Waals surface area contributed by atoms with Crippen molar-refractivity contribution < 1.29 is 4.42 Å². The molecule has 1 N–H and O–H groups in total. The van der Waals surface area contributed by atoms with Crippen LogP contribution in [0.3, 0.4) is 0 Å². The van der Waals surface area contributed by atoms with Gasteiger partial charge in [0, 0.05) is 17.5 Å². The monoisotopic (exact) mass is 350 g/mol. The molecule has 6 heteroatoms. The number of aryl methyl sites for hydroxylation is 1. The van der Waals surface area contributed by atoms with Crippen LogP contribution in [-0.4, -0.2) is 15.0 Å². The van der Waals surface area contributed by atoms with E-state index < -0.39 is 0 Å². The Hall–Kier alpha value is -2.92. The van der Waals surface area contributed by atoms with E-state index in [9.17, 15) is 0 Å². The molecule has 0 saturated carbocycles. The summed E-state index contributed by atoms with van der Waals surface area (Å²) < 4.78 is 5.77. The second-order valence-electron chi connectivity index (χ2n) is 5.66. The smallest absolute Gasteiger partial charge is 0.228 e. The van der Waals surface area contributed by atoms with Gasteiger partial charge in [-0.3, -0.25) is 4.98 Å². The fourth-order valence-corrected chi connectivity index (χ4v) is 2.76. The molecule has 0 radical (unpaired) electrons. The van der Waals surface area contributed by atoms with Crippen LogP contribution < -0.4 is 5.32 Å². The zero-order valence-corrected chi connectivity index (χ0v) is 14.3. The van der Waals surface area contributed by atoms with Crippen molar-refractivity contribution >= 4 is 28.5 Å². The first-order valence-electron chi connectivity index (χ1n) is 7.87. The fourth-order valence-electron chi connectivity index (χ4n) is 2.52. The topological polar surface area (TPSA) is 63.8 Å². The van der Waals surface area contributed by atoms with Crippen LogP contribution in [0, 0.1) is 6.92 Å². The summed E-state index contributed by atoms with van der Waals surface area (Å²) in [5.74, 6) is 0.506. The summed E-state index contributed by atoms with van der Waals surface area (Å²) in [5, 5.41) is 3.88. The second-order valence-corrected chi connectivity index (χ2v) is 6.07. The molecular formula is C19H15ClN4O. The summed E-state index contributed by atoms with van der Waals surface area (Å²) in [7, 11) is 0. The highest BCUT2D eigenvalue weighted by Gasteiger charge is 2.11. The van der Waals surface area contributed by atoms with Crippen molar-refractivity contribution in [1.82, 2.24) is 15.0 Å². The van der Waals surface area contributed by atoms with Crippen LogP contribution >= 0.6 is 11.6 Å². The predicted molar refractivity (Wildman–Crippen MR) is 98.6 cm³/mol. The Kier molecular flexibility index (Phi) is 4.07. The second kappa shape index (κ2) is 6.53. The van der Waals surface area contributed by atoms with E-state index in [4.69, 9.17) is 16.0 Å². The Bertz CT molecular complexity index is 1030. The van der Waals surface area contributed by atoms with Crippen molar-refractivity contribution in [2.75, 3.05) is 5.32 Å². The van der Waals surface area contributed by atoms with E-state index in [1.54, 1.807) is 6.20 Å². The van der Waals surface area contributed by atoms with Gasteiger partial charge in [0.05, 0.1) is 22.9 Å². The van der Waals surface area contributed by atoms with Crippen molar-refractivity contribution in [2.45, 2.75) is 13.5 Å². The largest absolute Gasteiger partial charge is 0.434 e. The predicted octanol–water partition coefficient (Wildman–Crippen LogP) is 4.86. The van der Waals surface area contributed by atoms with Gasteiger partial charge in [-0.1, -0.05) is 17.7 Å². The van der Waals surface area contributed by atoms with E-state index in [2.05, 4.69) is 20.3 Å². The van der Waals surface area contributed by atoms with Gasteiger partial charge in [-0.15, -0.1) is 0 Å². The minimum atomic E-state index is 0.506. The Morgan fingerprint density at radius 1 is 1.08 bits per heavy atom. The summed E-state index contributed by atoms with van der Waals surface area (Å²) >= 11 is 6.40. The third kappa shape index (κ3) is 3.32. The van der Waals surface area contributed by atoms with Gasteiger partial charge in [0.15, 0.2) is 11.2 Å². The quantitative estimate of drug-likeness (QED) is 0.569. The maximum Gasteiger partial charge on any atom is 0.228 e. The van der Waals surface area contributed by atoms with Crippen LogP contribution in [0.5, 0.6) is 0 Å². The number of anilines is 1. The number of halogens is 1.